The Balaban J connectivity index is 1.80. The summed E-state index contributed by atoms with van der Waals surface area (Å²) in [6, 6.07) is 14.1. The Morgan fingerprint density at radius 3 is 2.59 bits per heavy atom. The Kier molecular flexibility index (Phi) is 6.03. The molecule has 10 heteroatoms. The van der Waals surface area contributed by atoms with Gasteiger partial charge in [-0.3, -0.25) is 19.7 Å². The Hall–Kier alpha value is -3.53. The molecule has 3 aromatic rings. The van der Waals surface area contributed by atoms with Crippen molar-refractivity contribution < 1.29 is 14.5 Å². The van der Waals surface area contributed by atoms with Gasteiger partial charge in [0.2, 0.25) is 5.91 Å². The Bertz CT molecular complexity index is 1130. The number of ether oxygens (including phenoxy) is 1. The number of non-ortho nitro benzene ring substituents is 1. The SMILES string of the molecule is COc1cc([N+](=O)[O-])ccc1NC(=O)Cn1nc(-c2ccc(Br)cc2)ccc1=O. The second kappa shape index (κ2) is 8.65. The number of rotatable bonds is 6. The molecule has 0 atom stereocenters. The average Bonchev–Trinajstić information content (AvgIpc) is 2.70. The molecule has 0 aliphatic rings. The summed E-state index contributed by atoms with van der Waals surface area (Å²) in [7, 11) is 1.34. The van der Waals surface area contributed by atoms with Gasteiger partial charge in [-0.15, -0.1) is 0 Å². The van der Waals surface area contributed by atoms with Crippen LogP contribution >= 0.6 is 15.9 Å². The molecule has 0 bridgehead atoms. The maximum absolute atomic E-state index is 12.4. The van der Waals surface area contributed by atoms with E-state index in [0.717, 1.165) is 14.7 Å². The molecule has 0 aliphatic carbocycles. The minimum atomic E-state index is -0.564. The zero-order valence-electron chi connectivity index (χ0n) is 15.2. The molecular weight excluding hydrogens is 444 g/mol. The zero-order chi connectivity index (χ0) is 21.0. The van der Waals surface area contributed by atoms with Crippen LogP contribution in [0.3, 0.4) is 0 Å². The predicted octanol–water partition coefficient (Wildman–Crippen LogP) is 3.23. The van der Waals surface area contributed by atoms with Crippen LogP contribution in [0.5, 0.6) is 5.75 Å². The number of carbonyl (C=O) groups excluding carboxylic acids is 1. The fourth-order valence-electron chi connectivity index (χ4n) is 2.56. The molecule has 2 aromatic carbocycles. The highest BCUT2D eigenvalue weighted by Gasteiger charge is 2.14. The Labute approximate surface area is 173 Å². The van der Waals surface area contributed by atoms with Crippen LogP contribution in [0, 0.1) is 10.1 Å². The first-order chi connectivity index (χ1) is 13.9. The molecule has 0 fully saturated rings. The number of nitro groups is 1. The number of nitro benzene ring substituents is 1. The number of halogens is 1. The molecular formula is C19H15BrN4O5. The van der Waals surface area contributed by atoms with Gasteiger partial charge in [-0.2, -0.15) is 5.10 Å². The number of amides is 1. The van der Waals surface area contributed by atoms with Crippen LogP contribution in [0.15, 0.2) is 63.9 Å². The Morgan fingerprint density at radius 1 is 1.21 bits per heavy atom. The van der Waals surface area contributed by atoms with E-state index in [-0.39, 0.29) is 23.7 Å². The lowest BCUT2D eigenvalue weighted by Crippen LogP contribution is -2.29. The van der Waals surface area contributed by atoms with Crippen molar-refractivity contribution in [2.24, 2.45) is 0 Å². The fraction of sp³-hybridized carbons (Fsp3) is 0.105. The first-order valence-corrected chi connectivity index (χ1v) is 9.13. The number of benzene rings is 2. The van der Waals surface area contributed by atoms with E-state index >= 15 is 0 Å². The molecule has 1 aromatic heterocycles. The summed E-state index contributed by atoms with van der Waals surface area (Å²) in [6.07, 6.45) is 0. The zero-order valence-corrected chi connectivity index (χ0v) is 16.8. The van der Waals surface area contributed by atoms with Crippen molar-refractivity contribution in [2.45, 2.75) is 6.54 Å². The van der Waals surface area contributed by atoms with Crippen LogP contribution < -0.4 is 15.6 Å². The van der Waals surface area contributed by atoms with Crippen LogP contribution in [-0.2, 0) is 11.3 Å². The van der Waals surface area contributed by atoms with E-state index in [1.54, 1.807) is 6.07 Å². The molecule has 29 heavy (non-hydrogen) atoms. The lowest BCUT2D eigenvalue weighted by molar-refractivity contribution is -0.384. The molecule has 0 radical (unpaired) electrons. The van der Waals surface area contributed by atoms with Gasteiger partial charge in [-0.05, 0) is 24.3 Å². The molecule has 1 amide bonds. The number of carbonyl (C=O) groups is 1. The summed E-state index contributed by atoms with van der Waals surface area (Å²) < 4.78 is 7.04. The minimum absolute atomic E-state index is 0.136. The van der Waals surface area contributed by atoms with E-state index in [1.807, 2.05) is 24.3 Å². The average molecular weight is 459 g/mol. The third-order valence-electron chi connectivity index (χ3n) is 3.97. The van der Waals surface area contributed by atoms with E-state index in [4.69, 9.17) is 4.74 Å². The smallest absolute Gasteiger partial charge is 0.273 e. The summed E-state index contributed by atoms with van der Waals surface area (Å²) in [5, 5.41) is 17.7. The molecule has 0 unspecified atom stereocenters. The van der Waals surface area contributed by atoms with Crippen LogP contribution in [0.2, 0.25) is 0 Å². The summed E-state index contributed by atoms with van der Waals surface area (Å²) in [4.78, 5) is 34.8. The molecule has 1 N–H and O–H groups in total. The van der Waals surface area contributed by atoms with Crippen LogP contribution in [-0.4, -0.2) is 27.7 Å². The van der Waals surface area contributed by atoms with Gasteiger partial charge in [0, 0.05) is 22.2 Å². The van der Waals surface area contributed by atoms with Gasteiger partial charge in [0.05, 0.1) is 29.5 Å². The van der Waals surface area contributed by atoms with Crippen molar-refractivity contribution in [2.75, 3.05) is 12.4 Å². The molecule has 3 rings (SSSR count). The van der Waals surface area contributed by atoms with Gasteiger partial charge in [-0.1, -0.05) is 28.1 Å². The number of nitrogens with zero attached hydrogens (tertiary/aromatic N) is 3. The van der Waals surface area contributed by atoms with Crippen LogP contribution in [0.25, 0.3) is 11.3 Å². The maximum atomic E-state index is 12.4. The van der Waals surface area contributed by atoms with Crippen molar-refractivity contribution >= 4 is 33.2 Å². The second-order valence-corrected chi connectivity index (χ2v) is 6.83. The van der Waals surface area contributed by atoms with Gasteiger partial charge < -0.3 is 10.1 Å². The van der Waals surface area contributed by atoms with Gasteiger partial charge in [0.15, 0.2) is 0 Å². The number of hydrogen-bond donors (Lipinski definition) is 1. The predicted molar refractivity (Wildman–Crippen MR) is 110 cm³/mol. The summed E-state index contributed by atoms with van der Waals surface area (Å²) in [6.45, 7) is -0.330. The largest absolute Gasteiger partial charge is 0.494 e. The highest BCUT2D eigenvalue weighted by Crippen LogP contribution is 2.29. The second-order valence-electron chi connectivity index (χ2n) is 5.91. The molecule has 148 valence electrons. The van der Waals surface area contributed by atoms with Gasteiger partial charge in [0.25, 0.3) is 11.2 Å². The normalized spacial score (nSPS) is 10.4. The minimum Gasteiger partial charge on any atom is -0.494 e. The molecule has 0 saturated carbocycles. The van der Waals surface area contributed by atoms with E-state index in [9.17, 15) is 19.7 Å². The lowest BCUT2D eigenvalue weighted by atomic mass is 10.1. The number of anilines is 1. The molecule has 0 saturated heterocycles. The fourth-order valence-corrected chi connectivity index (χ4v) is 2.82. The van der Waals surface area contributed by atoms with Crippen molar-refractivity contribution in [3.63, 3.8) is 0 Å². The number of hydrogen-bond acceptors (Lipinski definition) is 6. The maximum Gasteiger partial charge on any atom is 0.273 e. The monoisotopic (exact) mass is 458 g/mol. The summed E-state index contributed by atoms with van der Waals surface area (Å²) in [5.74, 6) is -0.392. The van der Waals surface area contributed by atoms with Crippen molar-refractivity contribution in [1.29, 1.82) is 0 Å². The number of aromatic nitrogens is 2. The van der Waals surface area contributed by atoms with Gasteiger partial charge in [0.1, 0.15) is 12.3 Å². The van der Waals surface area contributed by atoms with E-state index in [1.165, 1.54) is 31.4 Å². The van der Waals surface area contributed by atoms with Crippen LogP contribution in [0.1, 0.15) is 0 Å². The van der Waals surface area contributed by atoms with Gasteiger partial charge >= 0.3 is 0 Å². The lowest BCUT2D eigenvalue weighted by Gasteiger charge is -2.11. The van der Waals surface area contributed by atoms with Crippen molar-refractivity contribution in [1.82, 2.24) is 9.78 Å². The third kappa shape index (κ3) is 4.85. The van der Waals surface area contributed by atoms with Crippen LogP contribution in [0.4, 0.5) is 11.4 Å². The van der Waals surface area contributed by atoms with Crippen molar-refractivity contribution in [3.05, 3.63) is 79.5 Å². The quantitative estimate of drug-likeness (QED) is 0.447. The summed E-state index contributed by atoms with van der Waals surface area (Å²) >= 11 is 3.36. The first kappa shape index (κ1) is 20.2. The standard InChI is InChI=1S/C19H15BrN4O5/c1-29-17-10-14(24(27)28)6-7-16(17)21-18(25)11-23-19(26)9-8-15(22-23)12-2-4-13(20)5-3-12/h2-10H,11H2,1H3,(H,21,25). The highest BCUT2D eigenvalue weighted by molar-refractivity contribution is 9.10. The topological polar surface area (TPSA) is 116 Å². The summed E-state index contributed by atoms with van der Waals surface area (Å²) in [5.41, 5.74) is 0.981. The first-order valence-electron chi connectivity index (χ1n) is 8.34. The van der Waals surface area contributed by atoms with E-state index in [2.05, 4.69) is 26.3 Å². The highest BCUT2D eigenvalue weighted by atomic mass is 79.9. The molecule has 0 aliphatic heterocycles. The Morgan fingerprint density at radius 2 is 1.93 bits per heavy atom. The number of nitrogens with one attached hydrogen (secondary N) is 1. The third-order valence-corrected chi connectivity index (χ3v) is 4.50. The molecule has 1 heterocycles. The van der Waals surface area contributed by atoms with E-state index in [0.29, 0.717) is 5.69 Å². The molecule has 0 spiro atoms. The molecule has 9 nitrogen and oxygen atoms in total. The van der Waals surface area contributed by atoms with Gasteiger partial charge in [-0.25, -0.2) is 4.68 Å². The van der Waals surface area contributed by atoms with Crippen molar-refractivity contribution in [3.8, 4) is 17.0 Å². The number of methoxy groups -OCH3 is 1. The van der Waals surface area contributed by atoms with E-state index < -0.39 is 16.4 Å².